The number of piperidine rings is 1. The molecule has 1 aromatic heterocycles. The van der Waals surface area contributed by atoms with Crippen molar-refractivity contribution < 1.29 is 13.2 Å². The van der Waals surface area contributed by atoms with Gasteiger partial charge >= 0.3 is 0 Å². The molecule has 2 aromatic carbocycles. The highest BCUT2D eigenvalue weighted by Crippen LogP contribution is 2.32. The molecule has 0 bridgehead atoms. The summed E-state index contributed by atoms with van der Waals surface area (Å²) in [5, 5.41) is 4.08. The number of hydrogen-bond acceptors (Lipinski definition) is 7. The van der Waals surface area contributed by atoms with Gasteiger partial charge in [0, 0.05) is 57.4 Å². The van der Waals surface area contributed by atoms with E-state index in [0.29, 0.717) is 18.7 Å². The predicted octanol–water partition coefficient (Wildman–Crippen LogP) is 4.42. The fourth-order valence-corrected chi connectivity index (χ4v) is 8.66. The minimum Gasteiger partial charge on any atom is -0.351 e. The molecule has 5 rings (SSSR count). The number of anilines is 1. The molecule has 0 saturated carbocycles. The number of rotatable bonds is 8. The van der Waals surface area contributed by atoms with E-state index in [1.807, 2.05) is 6.92 Å². The van der Waals surface area contributed by atoms with Crippen molar-refractivity contribution >= 4 is 42.6 Å². The van der Waals surface area contributed by atoms with Crippen LogP contribution in [0.1, 0.15) is 54.1 Å². The first-order chi connectivity index (χ1) is 18.8. The number of piperazine rings is 1. The van der Waals surface area contributed by atoms with Crippen LogP contribution in [-0.4, -0.2) is 80.4 Å². The zero-order valence-electron chi connectivity index (χ0n) is 23.1. The number of aromatic nitrogens is 1. The lowest BCUT2D eigenvalue weighted by Crippen LogP contribution is -2.48. The van der Waals surface area contributed by atoms with Gasteiger partial charge < -0.3 is 10.2 Å². The molecule has 1 N–H and O–H groups in total. The van der Waals surface area contributed by atoms with Crippen molar-refractivity contribution in [3.05, 3.63) is 53.1 Å². The third kappa shape index (κ3) is 6.14. The average Bonchev–Trinajstić information content (AvgIpc) is 3.38. The summed E-state index contributed by atoms with van der Waals surface area (Å²) in [4.78, 5) is 22.6. The topological polar surface area (TPSA) is 85.8 Å². The van der Waals surface area contributed by atoms with E-state index in [-0.39, 0.29) is 16.8 Å². The second kappa shape index (κ2) is 11.9. The van der Waals surface area contributed by atoms with Gasteiger partial charge in [0.05, 0.1) is 15.1 Å². The van der Waals surface area contributed by atoms with Crippen LogP contribution in [0.15, 0.2) is 41.3 Å². The first-order valence-electron chi connectivity index (χ1n) is 14.0. The quantitative estimate of drug-likeness (QED) is 0.432. The second-order valence-corrected chi connectivity index (χ2v) is 13.6. The van der Waals surface area contributed by atoms with Crippen molar-refractivity contribution in [2.45, 2.75) is 57.4 Å². The fourth-order valence-electron chi connectivity index (χ4n) is 5.70. The van der Waals surface area contributed by atoms with Crippen LogP contribution in [0.25, 0.3) is 10.2 Å². The second-order valence-electron chi connectivity index (χ2n) is 10.7. The lowest BCUT2D eigenvalue weighted by Gasteiger charge is -2.34. The summed E-state index contributed by atoms with van der Waals surface area (Å²) in [5.41, 5.74) is 4.08. The zero-order chi connectivity index (χ0) is 27.6. The maximum Gasteiger partial charge on any atom is 0.251 e. The number of hydrogen-bond donors (Lipinski definition) is 1. The van der Waals surface area contributed by atoms with Gasteiger partial charge in [-0.3, -0.25) is 9.69 Å². The number of carbonyl (C=O) groups is 1. The number of nitrogens with zero attached hydrogens (tertiary/aromatic N) is 4. The van der Waals surface area contributed by atoms with Crippen molar-refractivity contribution in [1.29, 1.82) is 0 Å². The lowest BCUT2D eigenvalue weighted by atomic mass is 10.0. The highest BCUT2D eigenvalue weighted by atomic mass is 32.2. The largest absolute Gasteiger partial charge is 0.351 e. The van der Waals surface area contributed by atoms with E-state index in [9.17, 15) is 13.2 Å². The van der Waals surface area contributed by atoms with Gasteiger partial charge in [-0.15, -0.1) is 0 Å². The number of thiazole rings is 1. The van der Waals surface area contributed by atoms with Gasteiger partial charge in [0.15, 0.2) is 5.13 Å². The molecule has 1 unspecified atom stereocenters. The number of aryl methyl sites for hydroxylation is 2. The highest BCUT2D eigenvalue weighted by Gasteiger charge is 2.32. The van der Waals surface area contributed by atoms with Gasteiger partial charge in [0.1, 0.15) is 0 Å². The molecule has 8 nitrogen and oxygen atoms in total. The van der Waals surface area contributed by atoms with Crippen LogP contribution in [0.3, 0.4) is 0 Å². The molecule has 0 aliphatic carbocycles. The monoisotopic (exact) mass is 569 g/mol. The smallest absolute Gasteiger partial charge is 0.251 e. The van der Waals surface area contributed by atoms with Crippen molar-refractivity contribution in [2.75, 3.05) is 50.7 Å². The van der Waals surface area contributed by atoms with Crippen molar-refractivity contribution in [3.8, 4) is 0 Å². The van der Waals surface area contributed by atoms with Gasteiger partial charge in [-0.2, -0.15) is 4.31 Å². The first kappa shape index (κ1) is 28.0. The zero-order valence-corrected chi connectivity index (χ0v) is 24.8. The Bertz CT molecular complexity index is 1410. The van der Waals surface area contributed by atoms with E-state index >= 15 is 0 Å². The Morgan fingerprint density at radius 1 is 1.05 bits per heavy atom. The Hall–Kier alpha value is -2.53. The van der Waals surface area contributed by atoms with Gasteiger partial charge in [-0.05, 0) is 74.6 Å². The van der Waals surface area contributed by atoms with Crippen LogP contribution in [0.2, 0.25) is 0 Å². The molecule has 2 fully saturated rings. The SMILES string of the molecule is CCC1CCCCN1S(=O)(=O)c1ccc(C(=O)NCCN2CCN(c3nc4c(C)cc(C)cc4s3)CC2)cc1. The minimum absolute atomic E-state index is 0.0586. The number of benzene rings is 2. The fraction of sp³-hybridized carbons (Fsp3) is 0.517. The summed E-state index contributed by atoms with van der Waals surface area (Å²) in [6, 6.07) is 10.8. The van der Waals surface area contributed by atoms with Crippen LogP contribution in [0.5, 0.6) is 0 Å². The Balaban J connectivity index is 1.10. The summed E-state index contributed by atoms with van der Waals surface area (Å²) >= 11 is 1.76. The van der Waals surface area contributed by atoms with Crippen LogP contribution in [-0.2, 0) is 10.0 Å². The molecule has 1 amide bonds. The van der Waals surface area contributed by atoms with Gasteiger partial charge in [-0.1, -0.05) is 30.7 Å². The molecular weight excluding hydrogens is 530 g/mol. The number of amides is 1. The number of carbonyl (C=O) groups excluding carboxylic acids is 1. The summed E-state index contributed by atoms with van der Waals surface area (Å²) in [5.74, 6) is -0.179. The number of sulfonamides is 1. The molecule has 39 heavy (non-hydrogen) atoms. The highest BCUT2D eigenvalue weighted by molar-refractivity contribution is 7.89. The van der Waals surface area contributed by atoms with Crippen molar-refractivity contribution in [1.82, 2.24) is 19.5 Å². The van der Waals surface area contributed by atoms with E-state index in [4.69, 9.17) is 4.98 Å². The average molecular weight is 570 g/mol. The molecule has 3 aromatic rings. The van der Waals surface area contributed by atoms with E-state index in [1.54, 1.807) is 39.9 Å². The van der Waals surface area contributed by atoms with Crippen molar-refractivity contribution in [3.63, 3.8) is 0 Å². The standard InChI is InChI=1S/C29H39N5O3S2/c1-4-24-7-5-6-13-34(24)39(36,37)25-10-8-23(9-11-25)28(35)30-12-14-32-15-17-33(18-16-32)29-31-27-22(3)19-21(2)20-26(27)38-29/h8-11,19-20,24H,4-7,12-18H2,1-3H3,(H,30,35). The molecule has 0 radical (unpaired) electrons. The molecule has 3 heterocycles. The Morgan fingerprint density at radius 3 is 2.51 bits per heavy atom. The molecule has 1 atom stereocenters. The van der Waals surface area contributed by atoms with E-state index < -0.39 is 10.0 Å². The molecule has 210 valence electrons. The summed E-state index contributed by atoms with van der Waals surface area (Å²) in [6.07, 6.45) is 3.69. The predicted molar refractivity (Wildman–Crippen MR) is 158 cm³/mol. The van der Waals surface area contributed by atoms with Gasteiger partial charge in [-0.25, -0.2) is 13.4 Å². The summed E-state index contributed by atoms with van der Waals surface area (Å²) in [6.45, 7) is 11.8. The molecule has 0 spiro atoms. The molecule has 2 saturated heterocycles. The molecule has 2 aliphatic rings. The Labute approximate surface area is 236 Å². The van der Waals surface area contributed by atoms with Crippen LogP contribution in [0, 0.1) is 13.8 Å². The maximum absolute atomic E-state index is 13.2. The normalized spacial score (nSPS) is 19.5. The first-order valence-corrected chi connectivity index (χ1v) is 16.3. The van der Waals surface area contributed by atoms with Crippen molar-refractivity contribution in [2.24, 2.45) is 0 Å². The van der Waals surface area contributed by atoms with E-state index in [1.165, 1.54) is 15.8 Å². The third-order valence-corrected chi connectivity index (χ3v) is 11.0. The summed E-state index contributed by atoms with van der Waals surface area (Å²) in [7, 11) is -3.55. The maximum atomic E-state index is 13.2. The lowest BCUT2D eigenvalue weighted by molar-refractivity contribution is 0.0947. The Kier molecular flexibility index (Phi) is 8.56. The van der Waals surface area contributed by atoms with Crippen LogP contribution < -0.4 is 10.2 Å². The van der Waals surface area contributed by atoms with Gasteiger partial charge in [0.25, 0.3) is 5.91 Å². The Morgan fingerprint density at radius 2 is 1.79 bits per heavy atom. The van der Waals surface area contributed by atoms with Crippen LogP contribution in [0.4, 0.5) is 5.13 Å². The molecule has 10 heteroatoms. The number of fused-ring (bicyclic) bond motifs is 1. The third-order valence-electron chi connectivity index (χ3n) is 7.94. The van der Waals surface area contributed by atoms with Crippen LogP contribution >= 0.6 is 11.3 Å². The number of nitrogens with one attached hydrogen (secondary N) is 1. The summed E-state index contributed by atoms with van der Waals surface area (Å²) < 4.78 is 29.3. The van der Waals surface area contributed by atoms with Gasteiger partial charge in [0.2, 0.25) is 10.0 Å². The van der Waals surface area contributed by atoms with E-state index in [0.717, 1.165) is 69.1 Å². The molecule has 2 aliphatic heterocycles. The van der Waals surface area contributed by atoms with E-state index in [2.05, 4.69) is 41.1 Å². The minimum atomic E-state index is -3.55. The molecular formula is C29H39N5O3S2.